The largest absolute Gasteiger partial charge is 0.497 e. The summed E-state index contributed by atoms with van der Waals surface area (Å²) in [6.45, 7) is 0.396. The summed E-state index contributed by atoms with van der Waals surface area (Å²) in [6, 6.07) is 14.7. The average molecular weight is 366 g/mol. The Morgan fingerprint density at radius 3 is 2.41 bits per heavy atom. The average Bonchev–Trinajstić information content (AvgIpc) is 2.68. The zero-order valence-corrected chi connectivity index (χ0v) is 15.4. The third-order valence-corrected chi connectivity index (χ3v) is 4.37. The van der Waals surface area contributed by atoms with Crippen molar-refractivity contribution in [2.24, 2.45) is 0 Å². The Morgan fingerprint density at radius 2 is 1.70 bits per heavy atom. The van der Waals surface area contributed by atoms with Crippen LogP contribution in [0, 0.1) is 0 Å². The van der Waals surface area contributed by atoms with Crippen molar-refractivity contribution in [2.45, 2.75) is 12.8 Å². The van der Waals surface area contributed by atoms with Gasteiger partial charge in [0.2, 0.25) is 5.91 Å². The lowest BCUT2D eigenvalue weighted by molar-refractivity contribution is -0.120. The van der Waals surface area contributed by atoms with Crippen LogP contribution in [-0.4, -0.2) is 31.7 Å². The number of hydrogen-bond acceptors (Lipinski definition) is 4. The van der Waals surface area contributed by atoms with E-state index in [1.807, 2.05) is 42.5 Å². The summed E-state index contributed by atoms with van der Waals surface area (Å²) >= 11 is 0. The number of hydrogen-bond donors (Lipinski definition) is 2. The Bertz CT molecular complexity index is 993. The zero-order valence-electron chi connectivity index (χ0n) is 15.4. The highest BCUT2D eigenvalue weighted by molar-refractivity contribution is 5.81. The molecule has 2 N–H and O–H groups in total. The van der Waals surface area contributed by atoms with E-state index in [-0.39, 0.29) is 17.9 Å². The first-order chi connectivity index (χ1) is 13.1. The van der Waals surface area contributed by atoms with Gasteiger partial charge < -0.3 is 19.8 Å². The predicted molar refractivity (Wildman–Crippen MR) is 105 cm³/mol. The molecular formula is C21H22N2O4. The van der Waals surface area contributed by atoms with Crippen molar-refractivity contribution in [1.29, 1.82) is 0 Å². The second-order valence-corrected chi connectivity index (χ2v) is 6.20. The van der Waals surface area contributed by atoms with Crippen molar-refractivity contribution in [2.75, 3.05) is 20.8 Å². The van der Waals surface area contributed by atoms with E-state index in [2.05, 4.69) is 10.3 Å². The summed E-state index contributed by atoms with van der Waals surface area (Å²) in [5.41, 5.74) is 2.15. The molecule has 1 aromatic heterocycles. The summed E-state index contributed by atoms with van der Waals surface area (Å²) in [5, 5.41) is 3.76. The van der Waals surface area contributed by atoms with Crippen molar-refractivity contribution in [3.8, 4) is 11.5 Å². The van der Waals surface area contributed by atoms with Gasteiger partial charge in [0.25, 0.3) is 5.56 Å². The van der Waals surface area contributed by atoms with Gasteiger partial charge in [-0.15, -0.1) is 0 Å². The quantitative estimate of drug-likeness (QED) is 0.673. The lowest BCUT2D eigenvalue weighted by atomic mass is 10.1. The number of carbonyl (C=O) groups is 1. The number of rotatable bonds is 7. The Kier molecular flexibility index (Phi) is 5.76. The van der Waals surface area contributed by atoms with E-state index in [1.165, 1.54) is 0 Å². The number of amides is 1. The molecule has 6 nitrogen and oxygen atoms in total. The molecule has 0 fully saturated rings. The smallest absolute Gasteiger partial charge is 0.251 e. The van der Waals surface area contributed by atoms with E-state index in [1.54, 1.807) is 20.3 Å². The number of ether oxygens (including phenoxy) is 2. The predicted octanol–water partition coefficient (Wildman–Crippen LogP) is 2.45. The molecule has 3 aromatic rings. The number of carbonyl (C=O) groups excluding carboxylic acids is 1. The van der Waals surface area contributed by atoms with Gasteiger partial charge in [-0.25, -0.2) is 0 Å². The Labute approximate surface area is 157 Å². The number of H-pyrrole nitrogens is 1. The van der Waals surface area contributed by atoms with E-state index in [4.69, 9.17) is 9.47 Å². The van der Waals surface area contributed by atoms with Crippen molar-refractivity contribution >= 4 is 16.8 Å². The second kappa shape index (κ2) is 8.40. The summed E-state index contributed by atoms with van der Waals surface area (Å²) in [5.74, 6) is 1.40. The number of pyridine rings is 1. The maximum absolute atomic E-state index is 12.2. The van der Waals surface area contributed by atoms with Crippen LogP contribution in [0.1, 0.15) is 11.1 Å². The lowest BCUT2D eigenvalue weighted by Crippen LogP contribution is -2.28. The van der Waals surface area contributed by atoms with Crippen LogP contribution in [0.25, 0.3) is 10.9 Å². The molecule has 0 unspecified atom stereocenters. The van der Waals surface area contributed by atoms with Crippen molar-refractivity contribution in [1.82, 2.24) is 10.3 Å². The number of nitrogens with one attached hydrogen (secondary N) is 2. The molecule has 0 aliphatic heterocycles. The molecule has 1 heterocycles. The van der Waals surface area contributed by atoms with Crippen LogP contribution in [0.5, 0.6) is 11.5 Å². The molecular weight excluding hydrogens is 344 g/mol. The van der Waals surface area contributed by atoms with Gasteiger partial charge in [0.15, 0.2) is 0 Å². The molecule has 27 heavy (non-hydrogen) atoms. The van der Waals surface area contributed by atoms with Crippen LogP contribution in [0.3, 0.4) is 0 Å². The Morgan fingerprint density at radius 1 is 1.00 bits per heavy atom. The number of benzene rings is 2. The second-order valence-electron chi connectivity index (χ2n) is 6.20. The highest BCUT2D eigenvalue weighted by atomic mass is 16.5. The molecule has 6 heteroatoms. The van der Waals surface area contributed by atoms with Crippen LogP contribution in [-0.2, 0) is 17.6 Å². The fourth-order valence-electron chi connectivity index (χ4n) is 2.87. The fraction of sp³-hybridized carbons (Fsp3) is 0.238. The molecule has 3 rings (SSSR count). The number of methoxy groups -OCH3 is 2. The first-order valence-electron chi connectivity index (χ1n) is 8.68. The molecule has 0 radical (unpaired) electrons. The molecule has 2 aromatic carbocycles. The molecule has 0 saturated carbocycles. The van der Waals surface area contributed by atoms with Crippen molar-refractivity contribution < 1.29 is 14.3 Å². The minimum absolute atomic E-state index is 0.0842. The lowest BCUT2D eigenvalue weighted by Gasteiger charge is -2.07. The molecule has 1 amide bonds. The third-order valence-electron chi connectivity index (χ3n) is 4.37. The Hall–Kier alpha value is -3.28. The molecule has 0 bridgehead atoms. The summed E-state index contributed by atoms with van der Waals surface area (Å²) in [7, 11) is 3.21. The highest BCUT2D eigenvalue weighted by Gasteiger charge is 2.07. The standard InChI is InChI=1S/C21H22N2O4/c1-26-17-5-3-14(4-6-17)11-20(24)22-10-9-15-12-16-13-18(27-2)7-8-19(16)23-21(15)25/h3-8,12-13H,9-11H2,1-2H3,(H,22,24)(H,23,25). The first kappa shape index (κ1) is 18.5. The normalized spacial score (nSPS) is 10.6. The van der Waals surface area contributed by atoms with E-state index in [0.717, 1.165) is 28.0 Å². The van der Waals surface area contributed by atoms with Crippen LogP contribution < -0.4 is 20.3 Å². The molecule has 140 valence electrons. The number of aromatic amines is 1. The van der Waals surface area contributed by atoms with Gasteiger partial charge in [-0.3, -0.25) is 9.59 Å². The van der Waals surface area contributed by atoms with Crippen LogP contribution in [0.4, 0.5) is 0 Å². The summed E-state index contributed by atoms with van der Waals surface area (Å²) < 4.78 is 10.3. The van der Waals surface area contributed by atoms with Gasteiger partial charge in [0.05, 0.1) is 20.6 Å². The highest BCUT2D eigenvalue weighted by Crippen LogP contribution is 2.18. The molecule has 0 spiro atoms. The zero-order chi connectivity index (χ0) is 19.2. The summed E-state index contributed by atoms with van der Waals surface area (Å²) in [6.07, 6.45) is 0.742. The number of aromatic nitrogens is 1. The minimum atomic E-state index is -0.142. The van der Waals surface area contributed by atoms with Crippen LogP contribution >= 0.6 is 0 Å². The molecule has 0 aliphatic rings. The number of fused-ring (bicyclic) bond motifs is 1. The van der Waals surface area contributed by atoms with E-state index in [0.29, 0.717) is 18.5 Å². The van der Waals surface area contributed by atoms with Gasteiger partial charge in [-0.2, -0.15) is 0 Å². The fourth-order valence-corrected chi connectivity index (χ4v) is 2.87. The van der Waals surface area contributed by atoms with Crippen molar-refractivity contribution in [3.63, 3.8) is 0 Å². The molecule has 0 aliphatic carbocycles. The van der Waals surface area contributed by atoms with Gasteiger partial charge in [-0.1, -0.05) is 12.1 Å². The maximum Gasteiger partial charge on any atom is 0.251 e. The summed E-state index contributed by atoms with van der Waals surface area (Å²) in [4.78, 5) is 27.2. The topological polar surface area (TPSA) is 80.4 Å². The monoisotopic (exact) mass is 366 g/mol. The Balaban J connectivity index is 1.59. The van der Waals surface area contributed by atoms with Gasteiger partial charge in [0.1, 0.15) is 11.5 Å². The van der Waals surface area contributed by atoms with Crippen LogP contribution in [0.15, 0.2) is 53.3 Å². The van der Waals surface area contributed by atoms with E-state index < -0.39 is 0 Å². The van der Waals surface area contributed by atoms with E-state index in [9.17, 15) is 9.59 Å². The maximum atomic E-state index is 12.2. The van der Waals surface area contributed by atoms with Gasteiger partial charge in [-0.05, 0) is 48.4 Å². The van der Waals surface area contributed by atoms with Crippen molar-refractivity contribution in [3.05, 3.63) is 70.0 Å². The first-order valence-corrected chi connectivity index (χ1v) is 8.68. The SMILES string of the molecule is COc1ccc(CC(=O)NCCc2cc3cc(OC)ccc3[nH]c2=O)cc1. The van der Waals surface area contributed by atoms with Gasteiger partial charge in [0, 0.05) is 23.0 Å². The van der Waals surface area contributed by atoms with Crippen LogP contribution in [0.2, 0.25) is 0 Å². The van der Waals surface area contributed by atoms with E-state index >= 15 is 0 Å². The molecule has 0 saturated heterocycles. The van der Waals surface area contributed by atoms with Gasteiger partial charge >= 0.3 is 0 Å². The minimum Gasteiger partial charge on any atom is -0.497 e. The third kappa shape index (κ3) is 4.67. The molecule has 0 atom stereocenters.